The van der Waals surface area contributed by atoms with E-state index in [2.05, 4.69) is 15.8 Å². The molecule has 0 heterocycles. The first kappa shape index (κ1) is 18.8. The summed E-state index contributed by atoms with van der Waals surface area (Å²) in [4.78, 5) is 23.6. The van der Waals surface area contributed by atoms with Gasteiger partial charge in [0, 0.05) is 5.56 Å². The van der Waals surface area contributed by atoms with Gasteiger partial charge in [-0.05, 0) is 35.9 Å². The third-order valence-electron chi connectivity index (χ3n) is 3.09. The molecule has 0 aromatic heterocycles. The van der Waals surface area contributed by atoms with Crippen LogP contribution < -0.4 is 15.5 Å². The van der Waals surface area contributed by atoms with Crippen LogP contribution in [-0.4, -0.2) is 31.7 Å². The Bertz CT molecular complexity index is 809. The quantitative estimate of drug-likeness (QED) is 0.598. The maximum Gasteiger partial charge on any atom is 0.259 e. The molecule has 0 saturated heterocycles. The standard InChI is InChI=1S/C17H15Cl2N3O3/c1-25-13-4-2-3-11(7-13)9-21-22-16(23)10-20-17(24)12-5-6-14(18)15(19)8-12/h2-9H,10H2,1H3,(H,20,24)(H,22,23)/b21-9+. The summed E-state index contributed by atoms with van der Waals surface area (Å²) in [6, 6.07) is 11.6. The molecule has 0 spiro atoms. The van der Waals surface area contributed by atoms with E-state index in [9.17, 15) is 9.59 Å². The van der Waals surface area contributed by atoms with Gasteiger partial charge in [-0.3, -0.25) is 9.59 Å². The van der Waals surface area contributed by atoms with Crippen LogP contribution >= 0.6 is 23.2 Å². The second-order valence-corrected chi connectivity index (χ2v) is 5.70. The summed E-state index contributed by atoms with van der Waals surface area (Å²) in [6.07, 6.45) is 1.47. The predicted molar refractivity (Wildman–Crippen MR) is 97.5 cm³/mol. The second-order valence-electron chi connectivity index (χ2n) is 4.88. The van der Waals surface area contributed by atoms with Crippen molar-refractivity contribution in [3.8, 4) is 5.75 Å². The highest BCUT2D eigenvalue weighted by Gasteiger charge is 2.09. The van der Waals surface area contributed by atoms with E-state index in [0.29, 0.717) is 16.3 Å². The van der Waals surface area contributed by atoms with E-state index in [1.54, 1.807) is 25.3 Å². The van der Waals surface area contributed by atoms with Crippen LogP contribution in [0.2, 0.25) is 10.0 Å². The van der Waals surface area contributed by atoms with Crippen LogP contribution in [0, 0.1) is 0 Å². The Balaban J connectivity index is 1.82. The molecule has 2 aromatic carbocycles. The number of nitrogens with zero attached hydrogens (tertiary/aromatic N) is 1. The minimum absolute atomic E-state index is 0.228. The first-order chi connectivity index (χ1) is 12.0. The Morgan fingerprint density at radius 3 is 2.68 bits per heavy atom. The van der Waals surface area contributed by atoms with E-state index < -0.39 is 11.8 Å². The van der Waals surface area contributed by atoms with Gasteiger partial charge in [-0.2, -0.15) is 5.10 Å². The molecule has 2 amide bonds. The smallest absolute Gasteiger partial charge is 0.259 e. The highest BCUT2D eigenvalue weighted by molar-refractivity contribution is 6.42. The summed E-state index contributed by atoms with van der Waals surface area (Å²) >= 11 is 11.6. The van der Waals surface area contributed by atoms with Gasteiger partial charge in [-0.25, -0.2) is 5.43 Å². The van der Waals surface area contributed by atoms with Gasteiger partial charge in [0.05, 0.1) is 29.9 Å². The molecule has 0 fully saturated rings. The number of halogens is 2. The van der Waals surface area contributed by atoms with Gasteiger partial charge in [0.15, 0.2) is 0 Å². The number of methoxy groups -OCH3 is 1. The Morgan fingerprint density at radius 1 is 1.16 bits per heavy atom. The van der Waals surface area contributed by atoms with Crippen LogP contribution in [0.3, 0.4) is 0 Å². The largest absolute Gasteiger partial charge is 0.497 e. The third kappa shape index (κ3) is 5.77. The fourth-order valence-corrected chi connectivity index (χ4v) is 2.14. The van der Waals surface area contributed by atoms with E-state index in [0.717, 1.165) is 5.56 Å². The number of rotatable bonds is 6. The normalized spacial score (nSPS) is 10.5. The molecular weight excluding hydrogens is 365 g/mol. The maximum atomic E-state index is 11.9. The number of nitrogens with one attached hydrogen (secondary N) is 2. The summed E-state index contributed by atoms with van der Waals surface area (Å²) in [6.45, 7) is -0.228. The van der Waals surface area contributed by atoms with Crippen LogP contribution in [0.4, 0.5) is 0 Å². The van der Waals surface area contributed by atoms with Gasteiger partial charge < -0.3 is 10.1 Å². The monoisotopic (exact) mass is 379 g/mol. The van der Waals surface area contributed by atoms with E-state index in [-0.39, 0.29) is 11.6 Å². The van der Waals surface area contributed by atoms with Crippen molar-refractivity contribution in [1.29, 1.82) is 0 Å². The van der Waals surface area contributed by atoms with Crippen molar-refractivity contribution in [1.82, 2.24) is 10.7 Å². The molecule has 0 aliphatic heterocycles. The molecule has 6 nitrogen and oxygen atoms in total. The SMILES string of the molecule is COc1cccc(/C=N/NC(=O)CNC(=O)c2ccc(Cl)c(Cl)c2)c1. The molecule has 25 heavy (non-hydrogen) atoms. The van der Waals surface area contributed by atoms with Gasteiger partial charge in [0.2, 0.25) is 0 Å². The maximum absolute atomic E-state index is 11.9. The second kappa shape index (κ2) is 9.05. The van der Waals surface area contributed by atoms with Crippen LogP contribution in [0.15, 0.2) is 47.6 Å². The lowest BCUT2D eigenvalue weighted by Crippen LogP contribution is -2.34. The molecule has 8 heteroatoms. The first-order valence-electron chi connectivity index (χ1n) is 7.19. The lowest BCUT2D eigenvalue weighted by Gasteiger charge is -2.05. The van der Waals surface area contributed by atoms with E-state index in [1.165, 1.54) is 24.4 Å². The Morgan fingerprint density at radius 2 is 1.96 bits per heavy atom. The number of ether oxygens (including phenoxy) is 1. The van der Waals surface area contributed by atoms with Crippen molar-refractivity contribution in [3.05, 3.63) is 63.6 Å². The summed E-state index contributed by atoms with van der Waals surface area (Å²) in [7, 11) is 1.56. The summed E-state index contributed by atoms with van der Waals surface area (Å²) < 4.78 is 5.09. The van der Waals surface area contributed by atoms with Gasteiger partial charge in [-0.1, -0.05) is 35.3 Å². The molecule has 130 valence electrons. The van der Waals surface area contributed by atoms with E-state index in [4.69, 9.17) is 27.9 Å². The van der Waals surface area contributed by atoms with Gasteiger partial charge in [0.25, 0.3) is 11.8 Å². The molecule has 2 rings (SSSR count). The van der Waals surface area contributed by atoms with Crippen LogP contribution in [-0.2, 0) is 4.79 Å². The highest BCUT2D eigenvalue weighted by Crippen LogP contribution is 2.22. The first-order valence-corrected chi connectivity index (χ1v) is 7.94. The number of hydrogen-bond acceptors (Lipinski definition) is 4. The molecule has 2 aromatic rings. The average Bonchev–Trinajstić information content (AvgIpc) is 2.62. The summed E-state index contributed by atoms with van der Waals surface area (Å²) in [5.41, 5.74) is 3.39. The number of benzene rings is 2. The Hall–Kier alpha value is -2.57. The molecule has 0 radical (unpaired) electrons. The molecule has 0 atom stereocenters. The van der Waals surface area contributed by atoms with E-state index >= 15 is 0 Å². The molecule has 2 N–H and O–H groups in total. The Kier molecular flexibility index (Phi) is 6.80. The topological polar surface area (TPSA) is 79.8 Å². The van der Waals surface area contributed by atoms with Crippen LogP contribution in [0.5, 0.6) is 5.75 Å². The number of amides is 2. The zero-order chi connectivity index (χ0) is 18.2. The summed E-state index contributed by atoms with van der Waals surface area (Å²) in [5.74, 6) is -0.220. The van der Waals surface area contributed by atoms with Crippen molar-refractivity contribution in [2.75, 3.05) is 13.7 Å². The number of carbonyl (C=O) groups is 2. The van der Waals surface area contributed by atoms with Crippen LogP contribution in [0.25, 0.3) is 0 Å². The average molecular weight is 380 g/mol. The molecule has 0 saturated carbocycles. The van der Waals surface area contributed by atoms with Crippen molar-refractivity contribution in [3.63, 3.8) is 0 Å². The fraction of sp³-hybridized carbons (Fsp3) is 0.118. The summed E-state index contributed by atoms with van der Waals surface area (Å²) in [5, 5.41) is 6.90. The number of carbonyl (C=O) groups excluding carboxylic acids is 2. The predicted octanol–water partition coefficient (Wildman–Crippen LogP) is 2.88. The van der Waals surface area contributed by atoms with Crippen molar-refractivity contribution in [2.24, 2.45) is 5.10 Å². The Labute approximate surface area is 154 Å². The zero-order valence-corrected chi connectivity index (χ0v) is 14.8. The number of hydrazone groups is 1. The molecule has 0 aliphatic rings. The molecule has 0 bridgehead atoms. The number of hydrogen-bond donors (Lipinski definition) is 2. The van der Waals surface area contributed by atoms with Crippen molar-refractivity contribution < 1.29 is 14.3 Å². The van der Waals surface area contributed by atoms with Crippen LogP contribution in [0.1, 0.15) is 15.9 Å². The molecule has 0 aliphatic carbocycles. The van der Waals surface area contributed by atoms with Gasteiger partial charge in [0.1, 0.15) is 5.75 Å². The zero-order valence-electron chi connectivity index (χ0n) is 13.3. The van der Waals surface area contributed by atoms with Crippen molar-refractivity contribution >= 4 is 41.2 Å². The van der Waals surface area contributed by atoms with Crippen molar-refractivity contribution in [2.45, 2.75) is 0 Å². The third-order valence-corrected chi connectivity index (χ3v) is 3.83. The lowest BCUT2D eigenvalue weighted by molar-refractivity contribution is -0.120. The lowest BCUT2D eigenvalue weighted by atomic mass is 10.2. The molecular formula is C17H15Cl2N3O3. The van der Waals surface area contributed by atoms with Gasteiger partial charge in [-0.15, -0.1) is 0 Å². The van der Waals surface area contributed by atoms with E-state index in [1.807, 2.05) is 6.07 Å². The minimum Gasteiger partial charge on any atom is -0.497 e. The minimum atomic E-state index is -0.465. The fourth-order valence-electron chi connectivity index (χ4n) is 1.84. The molecule has 0 unspecified atom stereocenters. The highest BCUT2D eigenvalue weighted by atomic mass is 35.5. The van der Waals surface area contributed by atoms with Gasteiger partial charge >= 0.3 is 0 Å².